The summed E-state index contributed by atoms with van der Waals surface area (Å²) >= 11 is 0. The van der Waals surface area contributed by atoms with E-state index in [9.17, 15) is 0 Å². The third-order valence-corrected chi connectivity index (χ3v) is 7.92. The van der Waals surface area contributed by atoms with Gasteiger partial charge in [0.15, 0.2) is 0 Å². The number of benzene rings is 6. The first-order valence-corrected chi connectivity index (χ1v) is 14.0. The fraction of sp³-hybridized carbons (Fsp3) is 0. The molecule has 3 nitrogen and oxygen atoms in total. The van der Waals surface area contributed by atoms with Crippen LogP contribution in [0.25, 0.3) is 44.1 Å². The van der Waals surface area contributed by atoms with Crippen molar-refractivity contribution in [3.8, 4) is 11.4 Å². The van der Waals surface area contributed by atoms with Gasteiger partial charge in [0.25, 0.3) is 0 Å². The van der Waals surface area contributed by atoms with Crippen molar-refractivity contribution in [2.75, 3.05) is 4.90 Å². The molecule has 0 aliphatic heterocycles. The van der Waals surface area contributed by atoms with Gasteiger partial charge in [0.1, 0.15) is 0 Å². The van der Waals surface area contributed by atoms with Gasteiger partial charge >= 0.3 is 0 Å². The second-order valence-electron chi connectivity index (χ2n) is 10.3. The SMILES string of the molecule is c1ccc(N(c2ccccc2)c2ccc(-n3ccc4ccc5c(c6ccccc6n5-c5ccccc5)c43)cc2)cc1. The first kappa shape index (κ1) is 23.4. The number of aromatic nitrogens is 2. The lowest BCUT2D eigenvalue weighted by molar-refractivity contribution is 1.13. The summed E-state index contributed by atoms with van der Waals surface area (Å²) < 4.78 is 4.71. The zero-order valence-corrected chi connectivity index (χ0v) is 22.4. The number of fused-ring (bicyclic) bond motifs is 5. The Bertz CT molecular complexity index is 2080. The Balaban J connectivity index is 1.31. The van der Waals surface area contributed by atoms with Crippen LogP contribution in [0.4, 0.5) is 17.1 Å². The molecule has 0 unspecified atom stereocenters. The molecular weight excluding hydrogens is 498 g/mol. The van der Waals surface area contributed by atoms with E-state index in [-0.39, 0.29) is 0 Å². The quantitative estimate of drug-likeness (QED) is 0.218. The van der Waals surface area contributed by atoms with Crippen LogP contribution in [0.5, 0.6) is 0 Å². The van der Waals surface area contributed by atoms with Gasteiger partial charge in [-0.1, -0.05) is 78.9 Å². The molecule has 0 radical (unpaired) electrons. The van der Waals surface area contributed by atoms with E-state index in [1.54, 1.807) is 0 Å². The van der Waals surface area contributed by atoms with Crippen molar-refractivity contribution in [3.63, 3.8) is 0 Å². The third-order valence-electron chi connectivity index (χ3n) is 7.92. The number of para-hydroxylation sites is 4. The van der Waals surface area contributed by atoms with Crippen LogP contribution in [0.2, 0.25) is 0 Å². The molecule has 0 bridgehead atoms. The lowest BCUT2D eigenvalue weighted by Crippen LogP contribution is -2.09. The molecule has 0 saturated heterocycles. The summed E-state index contributed by atoms with van der Waals surface area (Å²) in [6, 6.07) is 56.0. The average molecular weight is 526 g/mol. The van der Waals surface area contributed by atoms with Gasteiger partial charge in [0.05, 0.1) is 16.6 Å². The predicted octanol–water partition coefficient (Wildman–Crippen LogP) is 10.2. The topological polar surface area (TPSA) is 13.1 Å². The highest BCUT2D eigenvalue weighted by Gasteiger charge is 2.18. The molecule has 8 aromatic rings. The van der Waals surface area contributed by atoms with E-state index in [2.05, 4.69) is 178 Å². The molecule has 0 aliphatic rings. The first-order chi connectivity index (χ1) is 20.4. The van der Waals surface area contributed by atoms with Crippen LogP contribution < -0.4 is 4.90 Å². The van der Waals surface area contributed by atoms with Crippen molar-refractivity contribution in [3.05, 3.63) is 164 Å². The maximum absolute atomic E-state index is 2.38. The second-order valence-corrected chi connectivity index (χ2v) is 10.3. The van der Waals surface area contributed by atoms with E-state index >= 15 is 0 Å². The standard InChI is InChI=1S/C38H27N3/c1-4-12-30(13-5-1)40(31-14-6-2-7-15-31)33-23-21-29(22-24-33)39-27-26-28-20-25-36-37(38(28)39)34-18-10-11-19-35(34)41(36)32-16-8-3-9-17-32/h1-27H. The average Bonchev–Trinajstić information content (AvgIpc) is 3.62. The summed E-state index contributed by atoms with van der Waals surface area (Å²) in [7, 11) is 0. The summed E-state index contributed by atoms with van der Waals surface area (Å²) in [6.45, 7) is 0. The van der Waals surface area contributed by atoms with Gasteiger partial charge in [-0.3, -0.25) is 0 Å². The van der Waals surface area contributed by atoms with Crippen LogP contribution >= 0.6 is 0 Å². The minimum atomic E-state index is 1.12. The van der Waals surface area contributed by atoms with Crippen LogP contribution in [0.15, 0.2) is 164 Å². The molecule has 6 aromatic carbocycles. The molecule has 8 rings (SSSR count). The minimum Gasteiger partial charge on any atom is -0.316 e. The normalized spacial score (nSPS) is 11.4. The Labute approximate surface area is 238 Å². The Morgan fingerprint density at radius 3 is 1.68 bits per heavy atom. The van der Waals surface area contributed by atoms with Crippen molar-refractivity contribution in [2.24, 2.45) is 0 Å². The lowest BCUT2D eigenvalue weighted by atomic mass is 10.1. The number of rotatable bonds is 5. The molecule has 0 saturated carbocycles. The van der Waals surface area contributed by atoms with Gasteiger partial charge in [-0.2, -0.15) is 0 Å². The molecule has 0 N–H and O–H groups in total. The Kier molecular flexibility index (Phi) is 5.46. The molecule has 41 heavy (non-hydrogen) atoms. The maximum Gasteiger partial charge on any atom is 0.0628 e. The highest BCUT2D eigenvalue weighted by atomic mass is 15.1. The van der Waals surface area contributed by atoms with Gasteiger partial charge in [0, 0.05) is 50.8 Å². The maximum atomic E-state index is 2.38. The van der Waals surface area contributed by atoms with Crippen LogP contribution in [-0.4, -0.2) is 9.13 Å². The number of hydrogen-bond donors (Lipinski definition) is 0. The van der Waals surface area contributed by atoms with Gasteiger partial charge in [-0.25, -0.2) is 0 Å². The second kappa shape index (κ2) is 9.58. The zero-order chi connectivity index (χ0) is 27.2. The van der Waals surface area contributed by atoms with Gasteiger partial charge in [0.2, 0.25) is 0 Å². The molecule has 0 fully saturated rings. The highest BCUT2D eigenvalue weighted by molar-refractivity contribution is 6.20. The van der Waals surface area contributed by atoms with E-state index in [0.717, 1.165) is 22.7 Å². The van der Waals surface area contributed by atoms with Crippen molar-refractivity contribution in [1.29, 1.82) is 0 Å². The molecule has 194 valence electrons. The Morgan fingerprint density at radius 1 is 0.415 bits per heavy atom. The molecular formula is C38H27N3. The lowest BCUT2D eigenvalue weighted by Gasteiger charge is -2.25. The van der Waals surface area contributed by atoms with Crippen molar-refractivity contribution < 1.29 is 0 Å². The Hall–Kier alpha value is -5.54. The van der Waals surface area contributed by atoms with Crippen molar-refractivity contribution in [1.82, 2.24) is 9.13 Å². The van der Waals surface area contributed by atoms with Crippen molar-refractivity contribution in [2.45, 2.75) is 0 Å². The smallest absolute Gasteiger partial charge is 0.0628 e. The third kappa shape index (κ3) is 3.82. The molecule has 3 heteroatoms. The van der Waals surface area contributed by atoms with Gasteiger partial charge in [-0.15, -0.1) is 0 Å². The molecule has 0 amide bonds. The van der Waals surface area contributed by atoms with E-state index in [4.69, 9.17) is 0 Å². The van der Waals surface area contributed by atoms with Gasteiger partial charge < -0.3 is 14.0 Å². The van der Waals surface area contributed by atoms with Crippen LogP contribution in [0.3, 0.4) is 0 Å². The largest absolute Gasteiger partial charge is 0.316 e. The van der Waals surface area contributed by atoms with E-state index in [0.29, 0.717) is 0 Å². The minimum absolute atomic E-state index is 1.12. The van der Waals surface area contributed by atoms with Crippen LogP contribution in [0.1, 0.15) is 0 Å². The first-order valence-electron chi connectivity index (χ1n) is 14.0. The molecule has 0 spiro atoms. The Morgan fingerprint density at radius 2 is 1.00 bits per heavy atom. The van der Waals surface area contributed by atoms with Gasteiger partial charge in [-0.05, 0) is 78.9 Å². The van der Waals surface area contributed by atoms with E-state index in [1.165, 1.54) is 38.4 Å². The highest BCUT2D eigenvalue weighted by Crippen LogP contribution is 2.39. The number of hydrogen-bond acceptors (Lipinski definition) is 1. The summed E-state index contributed by atoms with van der Waals surface area (Å²) in [5, 5.41) is 3.76. The predicted molar refractivity (Wildman–Crippen MR) is 172 cm³/mol. The number of nitrogens with zero attached hydrogens (tertiary/aromatic N) is 3. The molecule has 0 aliphatic carbocycles. The van der Waals surface area contributed by atoms with E-state index in [1.807, 2.05) is 0 Å². The summed E-state index contributed by atoms with van der Waals surface area (Å²) in [5.41, 5.74) is 9.34. The summed E-state index contributed by atoms with van der Waals surface area (Å²) in [5.74, 6) is 0. The molecule has 2 aromatic heterocycles. The molecule has 2 heterocycles. The summed E-state index contributed by atoms with van der Waals surface area (Å²) in [4.78, 5) is 2.29. The number of anilines is 3. The summed E-state index contributed by atoms with van der Waals surface area (Å²) in [6.07, 6.45) is 2.19. The van der Waals surface area contributed by atoms with Crippen LogP contribution in [-0.2, 0) is 0 Å². The monoisotopic (exact) mass is 525 g/mol. The fourth-order valence-corrected chi connectivity index (χ4v) is 6.12. The fourth-order valence-electron chi connectivity index (χ4n) is 6.12. The molecule has 0 atom stereocenters. The van der Waals surface area contributed by atoms with E-state index < -0.39 is 0 Å². The zero-order valence-electron chi connectivity index (χ0n) is 22.4. The van der Waals surface area contributed by atoms with Crippen LogP contribution in [0, 0.1) is 0 Å². The van der Waals surface area contributed by atoms with Crippen molar-refractivity contribution >= 4 is 49.8 Å².